The van der Waals surface area contributed by atoms with Crippen LogP contribution in [0.5, 0.6) is 0 Å². The molecule has 0 aliphatic heterocycles. The molecule has 0 unspecified atom stereocenters. The van der Waals surface area contributed by atoms with Crippen LogP contribution < -0.4 is 4.90 Å². The summed E-state index contributed by atoms with van der Waals surface area (Å²) in [5.41, 5.74) is 3.66. The number of aliphatic hydroxyl groups excluding tert-OH is 1. The van der Waals surface area contributed by atoms with Crippen molar-refractivity contribution in [1.82, 2.24) is 4.90 Å². The van der Waals surface area contributed by atoms with E-state index in [1.54, 1.807) is 6.08 Å². The van der Waals surface area contributed by atoms with Crippen LogP contribution in [0.25, 0.3) is 6.08 Å². The average Bonchev–Trinajstić information content (AvgIpc) is 3.21. The maximum absolute atomic E-state index is 12.9. The monoisotopic (exact) mass is 410 g/mol. The Labute approximate surface area is 182 Å². The molecular weight excluding hydrogens is 372 g/mol. The Hall–Kier alpha value is -1.91. The Bertz CT molecular complexity index is 764. The van der Waals surface area contributed by atoms with Gasteiger partial charge in [0.05, 0.1) is 12.0 Å². The van der Waals surface area contributed by atoms with E-state index in [-0.39, 0.29) is 17.6 Å². The molecular formula is C26H38N2O2. The fourth-order valence-electron chi connectivity index (χ4n) is 5.01. The fourth-order valence-corrected chi connectivity index (χ4v) is 5.01. The van der Waals surface area contributed by atoms with Gasteiger partial charge >= 0.3 is 0 Å². The number of unbranched alkanes of at least 4 members (excludes halogenated alkanes) is 2. The molecule has 1 aromatic carbocycles. The smallest absolute Gasteiger partial charge is 0.161 e. The molecule has 0 heterocycles. The van der Waals surface area contributed by atoms with Gasteiger partial charge in [0.1, 0.15) is 0 Å². The minimum Gasteiger partial charge on any atom is -0.392 e. The molecule has 164 valence electrons. The van der Waals surface area contributed by atoms with E-state index in [0.29, 0.717) is 5.92 Å². The zero-order valence-corrected chi connectivity index (χ0v) is 19.1. The maximum atomic E-state index is 12.9. The van der Waals surface area contributed by atoms with E-state index in [0.717, 1.165) is 37.1 Å². The van der Waals surface area contributed by atoms with Crippen molar-refractivity contribution in [2.45, 2.75) is 44.6 Å². The number of anilines is 1. The molecule has 4 atom stereocenters. The maximum Gasteiger partial charge on any atom is 0.161 e. The highest BCUT2D eigenvalue weighted by Gasteiger charge is 2.47. The van der Waals surface area contributed by atoms with E-state index in [2.05, 4.69) is 42.1 Å². The van der Waals surface area contributed by atoms with Gasteiger partial charge in [0.25, 0.3) is 0 Å². The lowest BCUT2D eigenvalue weighted by molar-refractivity contribution is -0.121. The largest absolute Gasteiger partial charge is 0.392 e. The van der Waals surface area contributed by atoms with Crippen LogP contribution in [0.3, 0.4) is 0 Å². The van der Waals surface area contributed by atoms with E-state index in [9.17, 15) is 9.90 Å². The Morgan fingerprint density at radius 1 is 1.10 bits per heavy atom. The first-order chi connectivity index (χ1) is 14.3. The summed E-state index contributed by atoms with van der Waals surface area (Å²) in [6.07, 6.45) is 12.0. The normalized spacial score (nSPS) is 25.7. The van der Waals surface area contributed by atoms with Crippen LogP contribution in [-0.4, -0.2) is 56.6 Å². The molecule has 0 spiro atoms. The van der Waals surface area contributed by atoms with Gasteiger partial charge in [0, 0.05) is 19.8 Å². The summed E-state index contributed by atoms with van der Waals surface area (Å²) in [4.78, 5) is 17.2. The zero-order chi connectivity index (χ0) is 21.7. The lowest BCUT2D eigenvalue weighted by atomic mass is 9.86. The summed E-state index contributed by atoms with van der Waals surface area (Å²) in [6.45, 7) is 1.15. The van der Waals surface area contributed by atoms with Crippen LogP contribution in [0.1, 0.15) is 44.1 Å². The summed E-state index contributed by atoms with van der Waals surface area (Å²) < 4.78 is 0. The summed E-state index contributed by atoms with van der Waals surface area (Å²) in [7, 11) is 8.27. The number of hydrogen-bond acceptors (Lipinski definition) is 4. The number of carbonyl (C=O) groups excluding carboxylic acids is 1. The van der Waals surface area contributed by atoms with Crippen molar-refractivity contribution in [1.29, 1.82) is 0 Å². The zero-order valence-electron chi connectivity index (χ0n) is 19.1. The molecule has 0 amide bonds. The molecule has 0 aromatic heterocycles. The van der Waals surface area contributed by atoms with Gasteiger partial charge in [0.15, 0.2) is 5.78 Å². The molecule has 1 saturated carbocycles. The van der Waals surface area contributed by atoms with Crippen LogP contribution in [0.15, 0.2) is 42.0 Å². The Morgan fingerprint density at radius 2 is 1.83 bits per heavy atom. The molecule has 1 N–H and O–H groups in total. The number of aliphatic hydroxyl groups is 1. The average molecular weight is 411 g/mol. The predicted octanol–water partition coefficient (Wildman–Crippen LogP) is 4.40. The molecule has 0 bridgehead atoms. The Kier molecular flexibility index (Phi) is 7.90. The van der Waals surface area contributed by atoms with Crippen molar-refractivity contribution >= 4 is 17.5 Å². The number of benzene rings is 1. The minimum absolute atomic E-state index is 0.0762. The second-order valence-electron chi connectivity index (χ2n) is 9.52. The third-order valence-electron chi connectivity index (χ3n) is 6.67. The molecule has 4 nitrogen and oxygen atoms in total. The summed E-state index contributed by atoms with van der Waals surface area (Å²) in [6, 6.07) is 8.16. The fraction of sp³-hybridized carbons (Fsp3) is 0.577. The van der Waals surface area contributed by atoms with Crippen LogP contribution in [0.4, 0.5) is 5.69 Å². The van der Waals surface area contributed by atoms with E-state index < -0.39 is 6.10 Å². The summed E-state index contributed by atoms with van der Waals surface area (Å²) >= 11 is 0. The number of ketones is 1. The SMILES string of the molecule is CN(C)CCCCCC1=C[C@H]2C[C@@H](O)[C@H](C(=O)/C=C/c3ccc(N(C)C)cc3)[C@H]2C1. The molecule has 30 heavy (non-hydrogen) atoms. The summed E-state index contributed by atoms with van der Waals surface area (Å²) in [5, 5.41) is 10.5. The molecule has 1 fully saturated rings. The molecule has 0 radical (unpaired) electrons. The van der Waals surface area contributed by atoms with Gasteiger partial charge in [0.2, 0.25) is 0 Å². The quantitative estimate of drug-likeness (QED) is 0.353. The predicted molar refractivity (Wildman–Crippen MR) is 126 cm³/mol. The van der Waals surface area contributed by atoms with Gasteiger partial charge in [-0.1, -0.05) is 36.3 Å². The van der Waals surface area contributed by atoms with Gasteiger partial charge in [-0.2, -0.15) is 0 Å². The van der Waals surface area contributed by atoms with E-state index >= 15 is 0 Å². The van der Waals surface area contributed by atoms with E-state index in [1.807, 2.05) is 32.3 Å². The van der Waals surface area contributed by atoms with Gasteiger partial charge in [-0.25, -0.2) is 0 Å². The van der Waals surface area contributed by atoms with E-state index in [4.69, 9.17) is 0 Å². The van der Waals surface area contributed by atoms with Gasteiger partial charge in [-0.05, 0) is 88.4 Å². The van der Waals surface area contributed by atoms with E-state index in [1.165, 1.54) is 24.8 Å². The molecule has 3 rings (SSSR count). The first-order valence-electron chi connectivity index (χ1n) is 11.4. The van der Waals surface area contributed by atoms with Gasteiger partial charge < -0.3 is 14.9 Å². The van der Waals surface area contributed by atoms with Crippen molar-refractivity contribution in [2.75, 3.05) is 39.6 Å². The first kappa shape index (κ1) is 22.8. The van der Waals surface area contributed by atoms with Crippen molar-refractivity contribution in [2.24, 2.45) is 17.8 Å². The molecule has 0 saturated heterocycles. The number of carbonyl (C=O) groups is 1. The molecule has 2 aliphatic rings. The van der Waals surface area contributed by atoms with Crippen molar-refractivity contribution in [3.63, 3.8) is 0 Å². The first-order valence-corrected chi connectivity index (χ1v) is 11.4. The number of rotatable bonds is 10. The van der Waals surface area contributed by atoms with Crippen molar-refractivity contribution < 1.29 is 9.90 Å². The second-order valence-corrected chi connectivity index (χ2v) is 9.52. The highest BCUT2D eigenvalue weighted by Crippen LogP contribution is 2.48. The third-order valence-corrected chi connectivity index (χ3v) is 6.67. The molecule has 2 aliphatic carbocycles. The van der Waals surface area contributed by atoms with Gasteiger partial charge in [-0.3, -0.25) is 4.79 Å². The van der Waals surface area contributed by atoms with Crippen LogP contribution in [0, 0.1) is 17.8 Å². The minimum atomic E-state index is -0.508. The van der Waals surface area contributed by atoms with Crippen LogP contribution >= 0.6 is 0 Å². The number of fused-ring (bicyclic) bond motifs is 1. The summed E-state index contributed by atoms with van der Waals surface area (Å²) in [5.74, 6) is 0.477. The second kappa shape index (κ2) is 10.4. The standard InChI is InChI=1S/C26H38N2O2/c1-27(2)15-7-5-6-8-20-16-21-18-25(30)26(23(21)17-20)24(29)14-11-19-9-12-22(13-10-19)28(3)4/h9-14,16,21,23,25-26,30H,5-8,15,17-18H2,1-4H3/b14-11+/t21-,23-,25+,26-/m0/s1. The van der Waals surface area contributed by atoms with Crippen molar-refractivity contribution in [3.8, 4) is 0 Å². The van der Waals surface area contributed by atoms with Gasteiger partial charge in [-0.15, -0.1) is 0 Å². The molecule has 4 heteroatoms. The highest BCUT2D eigenvalue weighted by atomic mass is 16.3. The lowest BCUT2D eigenvalue weighted by Gasteiger charge is -2.19. The number of allylic oxidation sites excluding steroid dienone is 3. The van der Waals surface area contributed by atoms with Crippen molar-refractivity contribution in [3.05, 3.63) is 47.6 Å². The van der Waals surface area contributed by atoms with Crippen LogP contribution in [0.2, 0.25) is 0 Å². The number of nitrogens with zero attached hydrogens (tertiary/aromatic N) is 2. The highest BCUT2D eigenvalue weighted by molar-refractivity contribution is 5.96. The third kappa shape index (κ3) is 5.83. The topological polar surface area (TPSA) is 43.8 Å². The lowest BCUT2D eigenvalue weighted by Crippen LogP contribution is -2.27. The Balaban J connectivity index is 1.52. The number of hydrogen-bond donors (Lipinski definition) is 1. The Morgan fingerprint density at radius 3 is 2.50 bits per heavy atom. The van der Waals surface area contributed by atoms with Crippen LogP contribution in [-0.2, 0) is 4.79 Å². The molecule has 1 aromatic rings.